The van der Waals surface area contributed by atoms with Crippen LogP contribution in [0.5, 0.6) is 0 Å². The average Bonchev–Trinajstić information content (AvgIpc) is 2.34. The van der Waals surface area contributed by atoms with Crippen LogP contribution in [-0.2, 0) is 0 Å². The number of hydrogen-bond acceptors (Lipinski definition) is 2. The first kappa shape index (κ1) is 13.2. The van der Waals surface area contributed by atoms with Gasteiger partial charge in [-0.3, -0.25) is 9.69 Å². The predicted octanol–water partition coefficient (Wildman–Crippen LogP) is 2.99. The van der Waals surface area contributed by atoms with Crippen molar-refractivity contribution in [2.45, 2.75) is 20.3 Å². The smallest absolute Gasteiger partial charge is 0.176 e. The van der Waals surface area contributed by atoms with E-state index in [1.807, 2.05) is 0 Å². The lowest BCUT2D eigenvalue weighted by molar-refractivity contribution is 0.0849. The first-order valence-electron chi connectivity index (χ1n) is 6.57. The molecule has 2 atom stereocenters. The number of halogens is 1. The molecule has 0 saturated carbocycles. The van der Waals surface area contributed by atoms with E-state index in [-0.39, 0.29) is 11.6 Å². The molecular formula is C15H20FNO. The highest BCUT2D eigenvalue weighted by Crippen LogP contribution is 2.22. The van der Waals surface area contributed by atoms with E-state index in [0.29, 0.717) is 18.0 Å². The molecule has 0 aliphatic carbocycles. The van der Waals surface area contributed by atoms with Crippen LogP contribution in [0.15, 0.2) is 24.3 Å². The molecule has 2 unspecified atom stereocenters. The Bertz CT molecular complexity index is 432. The normalized spacial score (nSPS) is 25.1. The molecule has 2 nitrogen and oxygen atoms in total. The van der Waals surface area contributed by atoms with Gasteiger partial charge >= 0.3 is 0 Å². The highest BCUT2D eigenvalue weighted by Gasteiger charge is 2.24. The highest BCUT2D eigenvalue weighted by molar-refractivity contribution is 5.97. The Balaban J connectivity index is 1.96. The van der Waals surface area contributed by atoms with Crippen LogP contribution < -0.4 is 0 Å². The monoisotopic (exact) mass is 249 g/mol. The van der Waals surface area contributed by atoms with E-state index in [1.54, 1.807) is 12.1 Å². The van der Waals surface area contributed by atoms with E-state index in [2.05, 4.69) is 18.7 Å². The number of carbonyl (C=O) groups is 1. The Morgan fingerprint density at radius 2 is 2.17 bits per heavy atom. The standard InChI is InChI=1S/C15H20FNO/c1-11-6-7-17(9-12(11)2)10-15(18)13-4-3-5-14(16)8-13/h3-5,8,11-12H,6-7,9-10H2,1-2H3. The van der Waals surface area contributed by atoms with Gasteiger partial charge in [-0.1, -0.05) is 26.0 Å². The largest absolute Gasteiger partial charge is 0.296 e. The number of ketones is 1. The Morgan fingerprint density at radius 1 is 1.39 bits per heavy atom. The van der Waals surface area contributed by atoms with Crippen molar-refractivity contribution in [2.75, 3.05) is 19.6 Å². The fourth-order valence-corrected chi connectivity index (χ4v) is 2.45. The lowest BCUT2D eigenvalue weighted by Gasteiger charge is -2.34. The van der Waals surface area contributed by atoms with Crippen LogP contribution >= 0.6 is 0 Å². The molecule has 1 fully saturated rings. The molecule has 1 aliphatic rings. The number of likely N-dealkylation sites (tertiary alicyclic amines) is 1. The van der Waals surface area contributed by atoms with E-state index < -0.39 is 0 Å². The number of Topliss-reactive ketones (excluding diaryl/α,β-unsaturated/α-hetero) is 1. The molecule has 18 heavy (non-hydrogen) atoms. The summed E-state index contributed by atoms with van der Waals surface area (Å²) in [6.07, 6.45) is 1.14. The van der Waals surface area contributed by atoms with Gasteiger partial charge < -0.3 is 0 Å². The van der Waals surface area contributed by atoms with E-state index in [4.69, 9.17) is 0 Å². The molecule has 1 aromatic rings. The second kappa shape index (κ2) is 5.61. The molecule has 0 bridgehead atoms. The van der Waals surface area contributed by atoms with E-state index in [0.717, 1.165) is 25.4 Å². The summed E-state index contributed by atoms with van der Waals surface area (Å²) < 4.78 is 13.1. The molecule has 1 heterocycles. The van der Waals surface area contributed by atoms with Crippen LogP contribution in [0.4, 0.5) is 4.39 Å². The second-order valence-corrected chi connectivity index (χ2v) is 5.41. The van der Waals surface area contributed by atoms with Crippen LogP contribution in [0.25, 0.3) is 0 Å². The maximum atomic E-state index is 13.1. The van der Waals surface area contributed by atoms with Gasteiger partial charge in [0.15, 0.2) is 5.78 Å². The maximum Gasteiger partial charge on any atom is 0.176 e. The van der Waals surface area contributed by atoms with Gasteiger partial charge in [-0.05, 0) is 36.9 Å². The molecule has 98 valence electrons. The lowest BCUT2D eigenvalue weighted by atomic mass is 9.88. The molecule has 0 aromatic heterocycles. The van der Waals surface area contributed by atoms with E-state index >= 15 is 0 Å². The maximum absolute atomic E-state index is 13.1. The van der Waals surface area contributed by atoms with Crippen molar-refractivity contribution in [1.82, 2.24) is 4.90 Å². The van der Waals surface area contributed by atoms with Crippen molar-refractivity contribution in [3.8, 4) is 0 Å². The summed E-state index contributed by atoms with van der Waals surface area (Å²) in [6.45, 7) is 6.81. The minimum Gasteiger partial charge on any atom is -0.296 e. The zero-order chi connectivity index (χ0) is 13.1. The first-order valence-corrected chi connectivity index (χ1v) is 6.57. The van der Waals surface area contributed by atoms with Gasteiger partial charge in [0.1, 0.15) is 5.82 Å². The van der Waals surface area contributed by atoms with Crippen molar-refractivity contribution < 1.29 is 9.18 Å². The third-order valence-corrected chi connectivity index (χ3v) is 3.93. The van der Waals surface area contributed by atoms with Crippen molar-refractivity contribution in [1.29, 1.82) is 0 Å². The summed E-state index contributed by atoms with van der Waals surface area (Å²) in [7, 11) is 0. The molecule has 1 aliphatic heterocycles. The predicted molar refractivity (Wildman–Crippen MR) is 70.1 cm³/mol. The zero-order valence-electron chi connectivity index (χ0n) is 11.0. The van der Waals surface area contributed by atoms with Crippen LogP contribution in [0.1, 0.15) is 30.6 Å². The third-order valence-electron chi connectivity index (χ3n) is 3.93. The summed E-state index contributed by atoms with van der Waals surface area (Å²) in [5.41, 5.74) is 0.473. The quantitative estimate of drug-likeness (QED) is 0.768. The Morgan fingerprint density at radius 3 is 2.83 bits per heavy atom. The van der Waals surface area contributed by atoms with Gasteiger partial charge in [0.05, 0.1) is 6.54 Å². The molecular weight excluding hydrogens is 229 g/mol. The molecule has 0 N–H and O–H groups in total. The number of piperidine rings is 1. The number of hydrogen-bond donors (Lipinski definition) is 0. The topological polar surface area (TPSA) is 20.3 Å². The fraction of sp³-hybridized carbons (Fsp3) is 0.533. The van der Waals surface area contributed by atoms with Crippen molar-refractivity contribution >= 4 is 5.78 Å². The SMILES string of the molecule is CC1CCN(CC(=O)c2cccc(F)c2)CC1C. The van der Waals surface area contributed by atoms with E-state index in [1.165, 1.54) is 12.1 Å². The van der Waals surface area contributed by atoms with Gasteiger partial charge in [-0.25, -0.2) is 4.39 Å². The van der Waals surface area contributed by atoms with Gasteiger partial charge in [-0.15, -0.1) is 0 Å². The fourth-order valence-electron chi connectivity index (χ4n) is 2.45. The number of benzene rings is 1. The van der Waals surface area contributed by atoms with Crippen molar-refractivity contribution in [3.05, 3.63) is 35.6 Å². The zero-order valence-corrected chi connectivity index (χ0v) is 11.0. The Hall–Kier alpha value is -1.22. The summed E-state index contributed by atoms with van der Waals surface area (Å²) in [4.78, 5) is 14.2. The van der Waals surface area contributed by atoms with Crippen LogP contribution in [-0.4, -0.2) is 30.3 Å². The van der Waals surface area contributed by atoms with Gasteiger partial charge in [-0.2, -0.15) is 0 Å². The van der Waals surface area contributed by atoms with Crippen LogP contribution in [0.3, 0.4) is 0 Å². The number of nitrogens with zero attached hydrogens (tertiary/aromatic N) is 1. The summed E-state index contributed by atoms with van der Waals surface area (Å²) in [6, 6.07) is 5.95. The average molecular weight is 249 g/mol. The molecule has 3 heteroatoms. The van der Waals surface area contributed by atoms with Crippen LogP contribution in [0, 0.1) is 17.7 Å². The van der Waals surface area contributed by atoms with Crippen molar-refractivity contribution in [2.24, 2.45) is 11.8 Å². The first-order chi connectivity index (χ1) is 8.56. The molecule has 0 spiro atoms. The number of carbonyl (C=O) groups excluding carboxylic acids is 1. The molecule has 0 amide bonds. The summed E-state index contributed by atoms with van der Waals surface area (Å²) in [5, 5.41) is 0. The summed E-state index contributed by atoms with van der Waals surface area (Å²) in [5.74, 6) is 1.02. The Labute approximate surface area is 108 Å². The second-order valence-electron chi connectivity index (χ2n) is 5.41. The van der Waals surface area contributed by atoms with Gasteiger partial charge in [0, 0.05) is 12.1 Å². The molecule has 1 saturated heterocycles. The minimum atomic E-state index is -0.346. The number of rotatable bonds is 3. The molecule has 2 rings (SSSR count). The molecule has 0 radical (unpaired) electrons. The Kier molecular flexibility index (Phi) is 4.12. The summed E-state index contributed by atoms with van der Waals surface area (Å²) >= 11 is 0. The lowest BCUT2D eigenvalue weighted by Crippen LogP contribution is -2.41. The van der Waals surface area contributed by atoms with Gasteiger partial charge in [0.25, 0.3) is 0 Å². The van der Waals surface area contributed by atoms with Crippen LogP contribution in [0.2, 0.25) is 0 Å². The molecule has 1 aromatic carbocycles. The third kappa shape index (κ3) is 3.16. The van der Waals surface area contributed by atoms with Gasteiger partial charge in [0.2, 0.25) is 0 Å². The van der Waals surface area contributed by atoms with Crippen molar-refractivity contribution in [3.63, 3.8) is 0 Å². The minimum absolute atomic E-state index is 0.0104. The highest BCUT2D eigenvalue weighted by atomic mass is 19.1. The van der Waals surface area contributed by atoms with E-state index in [9.17, 15) is 9.18 Å².